The molecule has 4 rings (SSSR count). The fourth-order valence-electron chi connectivity index (χ4n) is 2.68. The van der Waals surface area contributed by atoms with Crippen molar-refractivity contribution in [2.24, 2.45) is 0 Å². The van der Waals surface area contributed by atoms with Crippen molar-refractivity contribution in [1.82, 2.24) is 9.97 Å². The van der Waals surface area contributed by atoms with Crippen molar-refractivity contribution in [2.75, 3.05) is 23.8 Å². The number of anilines is 4. The number of aryl methyl sites for hydroxylation is 1. The molecule has 1 aliphatic rings. The van der Waals surface area contributed by atoms with Crippen LogP contribution in [0, 0.1) is 18.6 Å². The number of para-hydroxylation sites is 1. The molecule has 0 bridgehead atoms. The standard InChI is InChI=1S/C19H16F2N4O2/c1-11-9-17(24-18-13(20)3-2-4-14(18)21)25-19(22-11)23-12-5-6-15-16(10-12)27-8-7-26-15/h2-6,9-10H,7-8H2,1H3,(H2,22,23,24,25). The van der Waals surface area contributed by atoms with E-state index in [1.807, 2.05) is 6.07 Å². The van der Waals surface area contributed by atoms with Crippen LogP contribution in [0.25, 0.3) is 0 Å². The molecule has 27 heavy (non-hydrogen) atoms. The monoisotopic (exact) mass is 370 g/mol. The summed E-state index contributed by atoms with van der Waals surface area (Å²) in [7, 11) is 0. The van der Waals surface area contributed by atoms with Gasteiger partial charge in [0, 0.05) is 23.5 Å². The quantitative estimate of drug-likeness (QED) is 0.713. The highest BCUT2D eigenvalue weighted by Crippen LogP contribution is 2.33. The summed E-state index contributed by atoms with van der Waals surface area (Å²) in [5.41, 5.74) is 1.07. The van der Waals surface area contributed by atoms with Crippen LogP contribution in [0.3, 0.4) is 0 Å². The summed E-state index contributed by atoms with van der Waals surface area (Å²) in [4.78, 5) is 8.59. The molecule has 2 N–H and O–H groups in total. The molecule has 0 atom stereocenters. The Hall–Kier alpha value is -3.42. The summed E-state index contributed by atoms with van der Waals surface area (Å²) >= 11 is 0. The third kappa shape index (κ3) is 3.74. The molecule has 2 aromatic carbocycles. The zero-order valence-corrected chi connectivity index (χ0v) is 14.4. The predicted octanol–water partition coefficient (Wildman–Crippen LogP) is 4.32. The van der Waals surface area contributed by atoms with Gasteiger partial charge in [-0.3, -0.25) is 0 Å². The van der Waals surface area contributed by atoms with E-state index in [4.69, 9.17) is 9.47 Å². The van der Waals surface area contributed by atoms with E-state index >= 15 is 0 Å². The minimum atomic E-state index is -0.701. The number of hydrogen-bond donors (Lipinski definition) is 2. The highest BCUT2D eigenvalue weighted by molar-refractivity contribution is 5.63. The first-order chi connectivity index (χ1) is 13.1. The van der Waals surface area contributed by atoms with Crippen molar-refractivity contribution in [3.05, 3.63) is 59.8 Å². The Kier molecular flexibility index (Phi) is 4.45. The maximum absolute atomic E-state index is 13.9. The van der Waals surface area contributed by atoms with E-state index in [9.17, 15) is 8.78 Å². The Morgan fingerprint density at radius 1 is 0.889 bits per heavy atom. The molecule has 0 saturated carbocycles. The van der Waals surface area contributed by atoms with Crippen LogP contribution < -0.4 is 20.1 Å². The van der Waals surface area contributed by atoms with Crippen LogP contribution in [0.1, 0.15) is 5.69 Å². The van der Waals surface area contributed by atoms with Crippen molar-refractivity contribution in [3.63, 3.8) is 0 Å². The topological polar surface area (TPSA) is 68.3 Å². The van der Waals surface area contributed by atoms with Gasteiger partial charge in [-0.05, 0) is 31.2 Å². The SMILES string of the molecule is Cc1cc(Nc2c(F)cccc2F)nc(Nc2ccc3c(c2)OCCO3)n1. The molecule has 3 aromatic rings. The van der Waals surface area contributed by atoms with Gasteiger partial charge in [0.15, 0.2) is 11.5 Å². The van der Waals surface area contributed by atoms with E-state index in [1.165, 1.54) is 18.2 Å². The second kappa shape index (κ2) is 7.06. The van der Waals surface area contributed by atoms with Crippen LogP contribution in [0.15, 0.2) is 42.5 Å². The fourth-order valence-corrected chi connectivity index (χ4v) is 2.68. The van der Waals surface area contributed by atoms with Crippen molar-refractivity contribution in [3.8, 4) is 11.5 Å². The van der Waals surface area contributed by atoms with E-state index < -0.39 is 11.6 Å². The number of halogens is 2. The van der Waals surface area contributed by atoms with E-state index in [0.717, 1.165) is 0 Å². The molecule has 138 valence electrons. The van der Waals surface area contributed by atoms with Crippen molar-refractivity contribution in [1.29, 1.82) is 0 Å². The summed E-state index contributed by atoms with van der Waals surface area (Å²) in [6.07, 6.45) is 0. The van der Waals surface area contributed by atoms with E-state index in [0.29, 0.717) is 36.1 Å². The first kappa shape index (κ1) is 17.0. The van der Waals surface area contributed by atoms with Gasteiger partial charge in [-0.2, -0.15) is 4.98 Å². The summed E-state index contributed by atoms with van der Waals surface area (Å²) in [5, 5.41) is 5.74. The normalized spacial score (nSPS) is 12.6. The van der Waals surface area contributed by atoms with Gasteiger partial charge in [0.2, 0.25) is 5.95 Å². The van der Waals surface area contributed by atoms with Crippen LogP contribution in [-0.2, 0) is 0 Å². The van der Waals surface area contributed by atoms with Crippen molar-refractivity contribution >= 4 is 23.1 Å². The minimum Gasteiger partial charge on any atom is -0.486 e. The summed E-state index contributed by atoms with van der Waals surface area (Å²) < 4.78 is 38.8. The number of benzene rings is 2. The van der Waals surface area contributed by atoms with Crippen LogP contribution in [0.2, 0.25) is 0 Å². The van der Waals surface area contributed by atoms with Crippen molar-refractivity contribution in [2.45, 2.75) is 6.92 Å². The van der Waals surface area contributed by atoms with E-state index in [2.05, 4.69) is 20.6 Å². The number of hydrogen-bond acceptors (Lipinski definition) is 6. The molecule has 6 nitrogen and oxygen atoms in total. The highest BCUT2D eigenvalue weighted by atomic mass is 19.1. The molecule has 0 saturated heterocycles. The molecule has 0 radical (unpaired) electrons. The first-order valence-corrected chi connectivity index (χ1v) is 8.32. The van der Waals surface area contributed by atoms with Crippen molar-refractivity contribution < 1.29 is 18.3 Å². The average molecular weight is 370 g/mol. The Morgan fingerprint density at radius 3 is 2.41 bits per heavy atom. The minimum absolute atomic E-state index is 0.263. The van der Waals surface area contributed by atoms with Gasteiger partial charge in [-0.1, -0.05) is 6.07 Å². The van der Waals surface area contributed by atoms with Gasteiger partial charge in [-0.25, -0.2) is 13.8 Å². The second-order valence-corrected chi connectivity index (χ2v) is 5.92. The van der Waals surface area contributed by atoms with E-state index in [1.54, 1.807) is 25.1 Å². The molecule has 0 amide bonds. The smallest absolute Gasteiger partial charge is 0.229 e. The lowest BCUT2D eigenvalue weighted by Gasteiger charge is -2.19. The van der Waals surface area contributed by atoms with Crippen LogP contribution in [-0.4, -0.2) is 23.2 Å². The maximum atomic E-state index is 13.9. The molecular weight excluding hydrogens is 354 g/mol. The molecule has 0 unspecified atom stereocenters. The summed E-state index contributed by atoms with van der Waals surface area (Å²) in [6.45, 7) is 2.77. The van der Waals surface area contributed by atoms with Crippen LogP contribution >= 0.6 is 0 Å². The van der Waals surface area contributed by atoms with Gasteiger partial charge in [0.05, 0.1) is 0 Å². The number of rotatable bonds is 4. The Labute approximate surface area is 154 Å². The molecule has 2 heterocycles. The largest absolute Gasteiger partial charge is 0.486 e. The summed E-state index contributed by atoms with van der Waals surface area (Å²) in [6, 6.07) is 10.6. The lowest BCUT2D eigenvalue weighted by atomic mass is 10.2. The first-order valence-electron chi connectivity index (χ1n) is 8.32. The maximum Gasteiger partial charge on any atom is 0.229 e. The molecule has 8 heteroatoms. The van der Waals surface area contributed by atoms with Crippen LogP contribution in [0.5, 0.6) is 11.5 Å². The lowest BCUT2D eigenvalue weighted by Crippen LogP contribution is -2.15. The molecule has 0 fully saturated rings. The van der Waals surface area contributed by atoms with Gasteiger partial charge >= 0.3 is 0 Å². The third-order valence-corrected chi connectivity index (χ3v) is 3.87. The number of nitrogens with zero attached hydrogens (tertiary/aromatic N) is 2. The number of fused-ring (bicyclic) bond motifs is 1. The molecule has 1 aliphatic heterocycles. The molecule has 0 spiro atoms. The molecule has 0 aliphatic carbocycles. The lowest BCUT2D eigenvalue weighted by molar-refractivity contribution is 0.171. The zero-order valence-electron chi connectivity index (χ0n) is 14.4. The van der Waals surface area contributed by atoms with Crippen LogP contribution in [0.4, 0.5) is 31.9 Å². The highest BCUT2D eigenvalue weighted by Gasteiger charge is 2.13. The van der Waals surface area contributed by atoms with Gasteiger partial charge in [0.25, 0.3) is 0 Å². The Morgan fingerprint density at radius 2 is 1.63 bits per heavy atom. The van der Waals surface area contributed by atoms with E-state index in [-0.39, 0.29) is 17.5 Å². The second-order valence-electron chi connectivity index (χ2n) is 5.92. The molecule has 1 aromatic heterocycles. The summed E-state index contributed by atoms with van der Waals surface area (Å²) in [5.74, 6) is 0.456. The van der Waals surface area contributed by atoms with Gasteiger partial charge in [-0.15, -0.1) is 0 Å². The fraction of sp³-hybridized carbons (Fsp3) is 0.158. The molecular formula is C19H16F2N4O2. The van der Waals surface area contributed by atoms with Gasteiger partial charge in [0.1, 0.15) is 36.4 Å². The Bertz CT molecular complexity index is 977. The number of nitrogens with one attached hydrogen (secondary N) is 2. The average Bonchev–Trinajstić information content (AvgIpc) is 2.64. The zero-order chi connectivity index (χ0) is 18.8. The third-order valence-electron chi connectivity index (χ3n) is 3.87. The predicted molar refractivity (Wildman–Crippen MR) is 97.1 cm³/mol. The number of ether oxygens (including phenoxy) is 2. The Balaban J connectivity index is 1.59. The van der Waals surface area contributed by atoms with Gasteiger partial charge < -0.3 is 20.1 Å². The number of aromatic nitrogens is 2.